The van der Waals surface area contributed by atoms with E-state index in [4.69, 9.17) is 14.2 Å². The molecule has 1 saturated carbocycles. The molecule has 1 N–H and O–H groups in total. The maximum Gasteiger partial charge on any atom is 0.252 e. The number of pyridine rings is 1. The van der Waals surface area contributed by atoms with Gasteiger partial charge in [-0.25, -0.2) is 4.68 Å². The molecule has 2 fully saturated rings. The van der Waals surface area contributed by atoms with Gasteiger partial charge in [0.25, 0.3) is 5.56 Å². The summed E-state index contributed by atoms with van der Waals surface area (Å²) < 4.78 is 19.4. The third kappa shape index (κ3) is 4.90. The minimum atomic E-state index is -0.0987. The van der Waals surface area contributed by atoms with Gasteiger partial charge in [0.15, 0.2) is 17.3 Å². The quantitative estimate of drug-likeness (QED) is 0.550. The molecule has 0 bridgehead atoms. The Labute approximate surface area is 203 Å². The van der Waals surface area contributed by atoms with Crippen molar-refractivity contribution in [1.82, 2.24) is 30.1 Å². The van der Waals surface area contributed by atoms with Gasteiger partial charge in [0, 0.05) is 36.7 Å². The second kappa shape index (κ2) is 9.94. The lowest BCUT2D eigenvalue weighted by Gasteiger charge is -2.27. The minimum Gasteiger partial charge on any atom is -0.486 e. The van der Waals surface area contributed by atoms with Gasteiger partial charge in [-0.15, -0.1) is 5.10 Å². The number of aromatic nitrogens is 5. The molecule has 2 aliphatic heterocycles. The Morgan fingerprint density at radius 3 is 2.60 bits per heavy atom. The minimum absolute atomic E-state index is 0.0987. The SMILES string of the molecule is O=c1[nH]c2cc3c(cc2cc1CN(Cc1nnnn1C1CCCCC1)CC1CCCO1)OCCO3. The summed E-state index contributed by atoms with van der Waals surface area (Å²) >= 11 is 0. The molecule has 3 aromatic rings. The zero-order chi connectivity index (χ0) is 23.6. The highest BCUT2D eigenvalue weighted by molar-refractivity contribution is 5.83. The van der Waals surface area contributed by atoms with E-state index in [0.717, 1.165) is 55.6 Å². The Bertz CT molecular complexity index is 1230. The Morgan fingerprint density at radius 2 is 1.80 bits per heavy atom. The molecular formula is C25H32N6O4. The van der Waals surface area contributed by atoms with Crippen molar-refractivity contribution in [3.05, 3.63) is 39.9 Å². The lowest BCUT2D eigenvalue weighted by Crippen LogP contribution is -2.34. The van der Waals surface area contributed by atoms with E-state index < -0.39 is 0 Å². The van der Waals surface area contributed by atoms with Crippen LogP contribution in [0, 0.1) is 0 Å². The molecule has 1 unspecified atom stereocenters. The van der Waals surface area contributed by atoms with Crippen LogP contribution in [0.4, 0.5) is 0 Å². The number of aromatic amines is 1. The van der Waals surface area contributed by atoms with Gasteiger partial charge in [-0.1, -0.05) is 19.3 Å². The molecule has 3 aliphatic rings. The van der Waals surface area contributed by atoms with Crippen molar-refractivity contribution in [2.75, 3.05) is 26.4 Å². The number of rotatable bonds is 7. The Hall–Kier alpha value is -2.98. The van der Waals surface area contributed by atoms with Crippen LogP contribution in [-0.4, -0.2) is 62.6 Å². The highest BCUT2D eigenvalue weighted by atomic mass is 16.6. The van der Waals surface area contributed by atoms with E-state index in [1.807, 2.05) is 22.9 Å². The number of tetrazole rings is 1. The number of hydrogen-bond acceptors (Lipinski definition) is 8. The van der Waals surface area contributed by atoms with E-state index in [1.165, 1.54) is 19.3 Å². The maximum absolute atomic E-state index is 13.1. The predicted octanol–water partition coefficient (Wildman–Crippen LogP) is 2.97. The first-order valence-electron chi connectivity index (χ1n) is 12.8. The summed E-state index contributed by atoms with van der Waals surface area (Å²) in [5, 5.41) is 13.6. The van der Waals surface area contributed by atoms with E-state index in [2.05, 4.69) is 25.4 Å². The lowest BCUT2D eigenvalue weighted by atomic mass is 9.95. The third-order valence-corrected chi connectivity index (χ3v) is 7.31. The summed E-state index contributed by atoms with van der Waals surface area (Å²) in [5.41, 5.74) is 1.34. The van der Waals surface area contributed by atoms with Crippen molar-refractivity contribution in [3.8, 4) is 11.5 Å². The van der Waals surface area contributed by atoms with Gasteiger partial charge in [0.05, 0.1) is 24.2 Å². The van der Waals surface area contributed by atoms with Gasteiger partial charge >= 0.3 is 0 Å². The summed E-state index contributed by atoms with van der Waals surface area (Å²) in [4.78, 5) is 18.3. The Kier molecular flexibility index (Phi) is 6.39. The van der Waals surface area contributed by atoms with Crippen molar-refractivity contribution >= 4 is 10.9 Å². The Balaban J connectivity index is 1.27. The van der Waals surface area contributed by atoms with Crippen LogP contribution in [0.3, 0.4) is 0 Å². The molecule has 10 heteroatoms. The van der Waals surface area contributed by atoms with Crippen LogP contribution in [-0.2, 0) is 17.8 Å². The van der Waals surface area contributed by atoms with Crippen molar-refractivity contribution in [3.63, 3.8) is 0 Å². The van der Waals surface area contributed by atoms with Crippen molar-refractivity contribution in [2.45, 2.75) is 70.2 Å². The van der Waals surface area contributed by atoms with Crippen LogP contribution in [0.1, 0.15) is 62.4 Å². The highest BCUT2D eigenvalue weighted by Gasteiger charge is 2.25. The summed E-state index contributed by atoms with van der Waals surface area (Å²) in [7, 11) is 0. The van der Waals surface area contributed by atoms with Crippen molar-refractivity contribution in [1.29, 1.82) is 0 Å². The van der Waals surface area contributed by atoms with Crippen molar-refractivity contribution in [2.24, 2.45) is 0 Å². The monoisotopic (exact) mass is 480 g/mol. The largest absolute Gasteiger partial charge is 0.486 e. The first-order valence-corrected chi connectivity index (χ1v) is 12.8. The van der Waals surface area contributed by atoms with Crippen LogP contribution in [0.2, 0.25) is 0 Å². The van der Waals surface area contributed by atoms with E-state index in [1.54, 1.807) is 0 Å². The molecule has 1 atom stereocenters. The molecule has 1 aromatic carbocycles. The van der Waals surface area contributed by atoms with Crippen LogP contribution in [0.5, 0.6) is 11.5 Å². The summed E-state index contributed by atoms with van der Waals surface area (Å²) in [5.74, 6) is 2.23. The standard InChI is InChI=1S/C25H32N6O4/c32-25-18(11-17-12-22-23(13-21(17)26-25)35-10-9-34-22)14-30(15-20-7-4-8-33-20)16-24-27-28-29-31(24)19-5-2-1-3-6-19/h11-13,19-20H,1-10,14-16H2,(H,26,32). The molecule has 2 aromatic heterocycles. The average Bonchev–Trinajstić information content (AvgIpc) is 3.56. The number of nitrogens with zero attached hydrogens (tertiary/aromatic N) is 5. The fraction of sp³-hybridized carbons (Fsp3) is 0.600. The molecule has 0 amide bonds. The van der Waals surface area contributed by atoms with Crippen LogP contribution >= 0.6 is 0 Å². The number of ether oxygens (including phenoxy) is 3. The molecule has 6 rings (SSSR count). The van der Waals surface area contributed by atoms with Gasteiger partial charge in [-0.3, -0.25) is 9.69 Å². The molecule has 35 heavy (non-hydrogen) atoms. The molecule has 4 heterocycles. The van der Waals surface area contributed by atoms with Crippen molar-refractivity contribution < 1.29 is 14.2 Å². The molecular weight excluding hydrogens is 448 g/mol. The van der Waals surface area contributed by atoms with E-state index in [0.29, 0.717) is 49.4 Å². The molecule has 10 nitrogen and oxygen atoms in total. The first-order chi connectivity index (χ1) is 17.2. The number of hydrogen-bond donors (Lipinski definition) is 1. The molecule has 1 saturated heterocycles. The van der Waals surface area contributed by atoms with Crippen LogP contribution in [0.25, 0.3) is 10.9 Å². The molecule has 186 valence electrons. The van der Waals surface area contributed by atoms with Gasteiger partial charge in [-0.2, -0.15) is 0 Å². The highest BCUT2D eigenvalue weighted by Crippen LogP contribution is 2.34. The lowest BCUT2D eigenvalue weighted by molar-refractivity contribution is 0.0659. The number of fused-ring (bicyclic) bond motifs is 2. The van der Waals surface area contributed by atoms with E-state index in [-0.39, 0.29) is 11.7 Å². The van der Waals surface area contributed by atoms with Gasteiger partial charge < -0.3 is 19.2 Å². The smallest absolute Gasteiger partial charge is 0.252 e. The van der Waals surface area contributed by atoms with Gasteiger partial charge in [0.2, 0.25) is 0 Å². The fourth-order valence-electron chi connectivity index (χ4n) is 5.53. The zero-order valence-electron chi connectivity index (χ0n) is 19.9. The number of H-pyrrole nitrogens is 1. The Morgan fingerprint density at radius 1 is 0.971 bits per heavy atom. The predicted molar refractivity (Wildman–Crippen MR) is 129 cm³/mol. The second-order valence-corrected chi connectivity index (χ2v) is 9.84. The maximum atomic E-state index is 13.1. The van der Waals surface area contributed by atoms with E-state index >= 15 is 0 Å². The topological polar surface area (TPSA) is 107 Å². The zero-order valence-corrected chi connectivity index (χ0v) is 19.9. The van der Waals surface area contributed by atoms with Gasteiger partial charge in [0.1, 0.15) is 13.2 Å². The normalized spacial score (nSPS) is 20.7. The van der Waals surface area contributed by atoms with Gasteiger partial charge in [-0.05, 0) is 48.2 Å². The first kappa shape index (κ1) is 22.5. The van der Waals surface area contributed by atoms with E-state index in [9.17, 15) is 4.79 Å². The molecule has 0 radical (unpaired) electrons. The fourth-order valence-corrected chi connectivity index (χ4v) is 5.53. The van der Waals surface area contributed by atoms with Crippen LogP contribution < -0.4 is 15.0 Å². The second-order valence-electron chi connectivity index (χ2n) is 9.84. The molecule has 1 aliphatic carbocycles. The third-order valence-electron chi connectivity index (χ3n) is 7.31. The summed E-state index contributed by atoms with van der Waals surface area (Å²) in [6, 6.07) is 6.10. The number of nitrogens with one attached hydrogen (secondary N) is 1. The summed E-state index contributed by atoms with van der Waals surface area (Å²) in [6.45, 7) is 3.62. The van der Waals surface area contributed by atoms with Crippen LogP contribution in [0.15, 0.2) is 23.0 Å². The molecule has 0 spiro atoms. The number of benzene rings is 1. The average molecular weight is 481 g/mol. The summed E-state index contributed by atoms with van der Waals surface area (Å²) in [6.07, 6.45) is 8.21.